The van der Waals surface area contributed by atoms with Crippen LogP contribution >= 0.6 is 0 Å². The summed E-state index contributed by atoms with van der Waals surface area (Å²) in [5.41, 5.74) is 0.237. The van der Waals surface area contributed by atoms with E-state index in [2.05, 4.69) is 0 Å². The Balaban J connectivity index is 2.99. The fraction of sp³-hybridized carbons (Fsp3) is 0.286. The van der Waals surface area contributed by atoms with Crippen molar-refractivity contribution < 1.29 is 13.2 Å². The average Bonchev–Trinajstić information content (AvgIpc) is 1.86. The van der Waals surface area contributed by atoms with Crippen molar-refractivity contribution in [2.45, 2.75) is 13.1 Å². The zero-order valence-corrected chi connectivity index (χ0v) is 5.94. The van der Waals surface area contributed by atoms with Gasteiger partial charge in [-0.2, -0.15) is 0 Å². The maximum absolute atomic E-state index is 11.9. The first-order chi connectivity index (χ1) is 5.00. The molecule has 58 valence electrons. The van der Waals surface area contributed by atoms with Gasteiger partial charge < -0.3 is 0 Å². The van der Waals surface area contributed by atoms with Gasteiger partial charge in [-0.25, -0.2) is 0 Å². The van der Waals surface area contributed by atoms with Gasteiger partial charge >= 0.3 is 62.3 Å². The fourth-order valence-corrected chi connectivity index (χ4v) is 0.743. The molecule has 0 aliphatic carbocycles. The van der Waals surface area contributed by atoms with Gasteiger partial charge in [0.1, 0.15) is 0 Å². The number of halogens is 3. The summed E-state index contributed by atoms with van der Waals surface area (Å²) in [7, 11) is 0. The number of rotatable bonds is 0. The second kappa shape index (κ2) is 2.68. The zero-order valence-electron chi connectivity index (χ0n) is 5.94. The van der Waals surface area contributed by atoms with Gasteiger partial charge in [-0.3, -0.25) is 0 Å². The van der Waals surface area contributed by atoms with Crippen molar-refractivity contribution >= 4 is 6.91 Å². The topological polar surface area (TPSA) is 0 Å². The third kappa shape index (κ3) is 2.07. The minimum atomic E-state index is -4.21. The van der Waals surface area contributed by atoms with Gasteiger partial charge in [0.05, 0.1) is 0 Å². The Labute approximate surface area is 63.3 Å². The van der Waals surface area contributed by atoms with Crippen molar-refractivity contribution in [3.8, 4) is 0 Å². The SMILES string of the molecule is Cc1cbc(C(F)(F)F)cc1. The van der Waals surface area contributed by atoms with E-state index in [1.54, 1.807) is 6.92 Å². The summed E-state index contributed by atoms with van der Waals surface area (Å²) in [6.07, 6.45) is -4.21. The van der Waals surface area contributed by atoms with E-state index in [0.717, 1.165) is 18.5 Å². The number of hydrogen-bond donors (Lipinski definition) is 0. The van der Waals surface area contributed by atoms with Crippen molar-refractivity contribution in [2.24, 2.45) is 0 Å². The Bertz CT molecular complexity index is 237. The third-order valence-electron chi connectivity index (χ3n) is 1.38. The molecule has 0 fully saturated rings. The van der Waals surface area contributed by atoms with E-state index < -0.39 is 11.6 Å². The molecule has 0 atom stereocenters. The van der Waals surface area contributed by atoms with Crippen LogP contribution in [0.5, 0.6) is 0 Å². The predicted octanol–water partition coefficient (Wildman–Crippen LogP) is 2.35. The van der Waals surface area contributed by atoms with Crippen LogP contribution in [0.1, 0.15) is 11.0 Å². The Morgan fingerprint density at radius 3 is 2.27 bits per heavy atom. The molecule has 0 aliphatic rings. The van der Waals surface area contributed by atoms with Crippen molar-refractivity contribution in [3.63, 3.8) is 0 Å². The van der Waals surface area contributed by atoms with E-state index in [4.69, 9.17) is 0 Å². The van der Waals surface area contributed by atoms with Gasteiger partial charge in [-0.05, 0) is 0 Å². The van der Waals surface area contributed by atoms with Crippen LogP contribution in [-0.4, -0.2) is 6.91 Å². The molecule has 0 bridgehead atoms. The van der Waals surface area contributed by atoms with Gasteiger partial charge in [0.2, 0.25) is 0 Å². The second-order valence-corrected chi connectivity index (χ2v) is 2.36. The quantitative estimate of drug-likeness (QED) is 0.543. The molecule has 0 nitrogen and oxygen atoms in total. The molecule has 0 N–H and O–H groups in total. The summed E-state index contributed by atoms with van der Waals surface area (Å²) in [4.78, 5) is 0. The molecular formula is C7H6BF3. The molecule has 1 aromatic rings. The van der Waals surface area contributed by atoms with E-state index in [0.29, 0.717) is 0 Å². The van der Waals surface area contributed by atoms with Crippen LogP contribution in [0.4, 0.5) is 13.2 Å². The first kappa shape index (κ1) is 8.30. The second-order valence-electron chi connectivity index (χ2n) is 2.36. The molecule has 0 aromatic carbocycles. The Hall–Kier alpha value is -0.795. The van der Waals surface area contributed by atoms with Crippen LogP contribution in [0.2, 0.25) is 0 Å². The standard InChI is InChI=1S/C7H6BF3/c1-5-2-3-6(8-4-5)7(9,10)11/h2-4H,1H3. The molecule has 0 spiro atoms. The van der Waals surface area contributed by atoms with Crippen molar-refractivity contribution in [3.05, 3.63) is 29.1 Å². The molecule has 0 saturated heterocycles. The van der Waals surface area contributed by atoms with Crippen molar-refractivity contribution in [2.75, 3.05) is 0 Å². The number of alkyl halides is 3. The molecule has 0 unspecified atom stereocenters. The summed E-state index contributed by atoms with van der Waals surface area (Å²) in [5.74, 6) is 1.45. The molecule has 1 rings (SSSR count). The summed E-state index contributed by atoms with van der Waals surface area (Å²) in [6.45, 7) is 2.83. The molecule has 11 heavy (non-hydrogen) atoms. The molecule has 0 aliphatic heterocycles. The molecule has 0 saturated carbocycles. The van der Waals surface area contributed by atoms with Gasteiger partial charge in [-0.15, -0.1) is 0 Å². The maximum atomic E-state index is 11.9. The van der Waals surface area contributed by atoms with Crippen LogP contribution in [-0.2, 0) is 6.18 Å². The molecule has 0 radical (unpaired) electrons. The normalized spacial score (nSPS) is 11.3. The molecule has 1 aromatic heterocycles. The first-order valence-corrected chi connectivity index (χ1v) is 3.14. The van der Waals surface area contributed by atoms with Crippen LogP contribution < -0.4 is 0 Å². The number of aryl methyl sites for hydroxylation is 1. The van der Waals surface area contributed by atoms with E-state index in [9.17, 15) is 13.2 Å². The van der Waals surface area contributed by atoms with Crippen molar-refractivity contribution in [1.82, 2.24) is 0 Å². The summed E-state index contributed by atoms with van der Waals surface area (Å²) >= 11 is 0. The van der Waals surface area contributed by atoms with E-state index in [1.165, 1.54) is 12.0 Å². The Kier molecular flexibility index (Phi) is 2.02. The van der Waals surface area contributed by atoms with E-state index in [1.807, 2.05) is 0 Å². The monoisotopic (exact) mass is 158 g/mol. The van der Waals surface area contributed by atoms with E-state index >= 15 is 0 Å². The number of hydrogen-bond acceptors (Lipinski definition) is 0. The van der Waals surface area contributed by atoms with Gasteiger partial charge in [-0.1, -0.05) is 0 Å². The Morgan fingerprint density at radius 2 is 1.91 bits per heavy atom. The predicted molar refractivity (Wildman–Crippen MR) is 37.5 cm³/mol. The van der Waals surface area contributed by atoms with Crippen LogP contribution in [0.25, 0.3) is 0 Å². The van der Waals surface area contributed by atoms with Crippen LogP contribution in [0, 0.1) is 6.92 Å². The fourth-order valence-electron chi connectivity index (χ4n) is 0.743. The average molecular weight is 158 g/mol. The summed E-state index contributed by atoms with van der Waals surface area (Å²) in [6, 6.07) is 2.53. The van der Waals surface area contributed by atoms with Crippen LogP contribution in [0.15, 0.2) is 18.1 Å². The summed E-state index contributed by atoms with van der Waals surface area (Å²) in [5, 5.41) is 0. The van der Waals surface area contributed by atoms with E-state index in [-0.39, 0.29) is 0 Å². The first-order valence-electron chi connectivity index (χ1n) is 3.14. The van der Waals surface area contributed by atoms with Gasteiger partial charge in [0.25, 0.3) is 0 Å². The molecule has 0 amide bonds. The van der Waals surface area contributed by atoms with Gasteiger partial charge in [0.15, 0.2) is 0 Å². The van der Waals surface area contributed by atoms with Crippen LogP contribution in [0.3, 0.4) is 0 Å². The van der Waals surface area contributed by atoms with Gasteiger partial charge in [0, 0.05) is 0 Å². The minimum absolute atomic E-state index is 0.594. The molecular weight excluding hydrogens is 152 g/mol. The third-order valence-corrected chi connectivity index (χ3v) is 1.38. The summed E-state index contributed by atoms with van der Waals surface area (Å²) < 4.78 is 35.8. The zero-order chi connectivity index (χ0) is 8.48. The van der Waals surface area contributed by atoms with Crippen molar-refractivity contribution in [1.29, 1.82) is 0 Å². The Morgan fingerprint density at radius 1 is 1.27 bits per heavy atom. The molecule has 4 heteroatoms. The molecule has 1 heterocycles.